The molecule has 0 aliphatic carbocycles. The molecule has 1 aromatic carbocycles. The van der Waals surface area contributed by atoms with Gasteiger partial charge < -0.3 is 20.3 Å². The van der Waals surface area contributed by atoms with Gasteiger partial charge in [-0.15, -0.1) is 0 Å². The Labute approximate surface area is 256 Å². The first-order valence-electron chi connectivity index (χ1n) is 15.0. The molecule has 0 unspecified atom stereocenters. The Morgan fingerprint density at radius 2 is 1.77 bits per heavy atom. The minimum Gasteiger partial charge on any atom is -0.392 e. The summed E-state index contributed by atoms with van der Waals surface area (Å²) in [5, 5.41) is 14.0. The maximum absolute atomic E-state index is 15.0. The molecule has 3 N–H and O–H groups in total. The first kappa shape index (κ1) is 29.6. The van der Waals surface area contributed by atoms with Gasteiger partial charge in [0.15, 0.2) is 0 Å². The number of aromatic nitrogens is 4. The van der Waals surface area contributed by atoms with E-state index in [0.717, 1.165) is 53.8 Å². The Morgan fingerprint density at radius 1 is 1.02 bits per heavy atom. The fourth-order valence-electron chi connectivity index (χ4n) is 5.90. The van der Waals surface area contributed by atoms with Crippen LogP contribution in [0.3, 0.4) is 0 Å². The zero-order valence-electron chi connectivity index (χ0n) is 25.5. The van der Waals surface area contributed by atoms with E-state index in [4.69, 9.17) is 4.98 Å². The maximum atomic E-state index is 15.0. The molecule has 0 bridgehead atoms. The van der Waals surface area contributed by atoms with Crippen molar-refractivity contribution in [2.24, 2.45) is 0 Å². The van der Waals surface area contributed by atoms with Crippen molar-refractivity contribution < 1.29 is 14.3 Å². The second-order valence-corrected chi connectivity index (χ2v) is 12.6. The number of pyridine rings is 3. The van der Waals surface area contributed by atoms with Gasteiger partial charge >= 0.3 is 0 Å². The van der Waals surface area contributed by atoms with Gasteiger partial charge in [0.25, 0.3) is 5.91 Å². The molecule has 8 nitrogen and oxygen atoms in total. The van der Waals surface area contributed by atoms with Crippen molar-refractivity contribution in [3.8, 4) is 22.5 Å². The van der Waals surface area contributed by atoms with E-state index >= 15 is 0 Å². The molecule has 1 aliphatic rings. The number of anilines is 1. The summed E-state index contributed by atoms with van der Waals surface area (Å²) in [4.78, 5) is 32.5. The first-order chi connectivity index (χ1) is 21.1. The largest absolute Gasteiger partial charge is 0.392 e. The second-order valence-electron chi connectivity index (χ2n) is 12.6. The summed E-state index contributed by atoms with van der Waals surface area (Å²) in [5.74, 6) is -0.552. The third-order valence-corrected chi connectivity index (χ3v) is 8.60. The van der Waals surface area contributed by atoms with Crippen LogP contribution in [0, 0.1) is 5.82 Å². The van der Waals surface area contributed by atoms with Crippen LogP contribution in [0.25, 0.3) is 33.5 Å². The molecule has 1 amide bonds. The average molecular weight is 593 g/mol. The summed E-state index contributed by atoms with van der Waals surface area (Å²) in [6.07, 6.45) is 7.51. The van der Waals surface area contributed by atoms with Gasteiger partial charge in [-0.05, 0) is 103 Å². The maximum Gasteiger partial charge on any atom is 0.259 e. The predicted molar refractivity (Wildman–Crippen MR) is 171 cm³/mol. The number of aromatic amines is 1. The molecule has 1 saturated heterocycles. The van der Waals surface area contributed by atoms with Crippen LogP contribution in [0.15, 0.2) is 67.1 Å². The molecule has 1 aliphatic heterocycles. The lowest BCUT2D eigenvalue weighted by Gasteiger charge is -2.29. The van der Waals surface area contributed by atoms with Crippen LogP contribution >= 0.6 is 0 Å². The molecule has 0 atom stereocenters. The van der Waals surface area contributed by atoms with Crippen LogP contribution in [0.4, 0.5) is 10.2 Å². The van der Waals surface area contributed by atoms with Crippen LogP contribution in [0.1, 0.15) is 66.6 Å². The standard InChI is InChI=1S/C35H37FN6O2/c1-35(2,3)23-6-7-26(29(36)17-23)34(44)41-33-28(20-43)25(10-14-38-33)24-9-13-37-32-27(24)18-31(40-32)30-8-5-22(19-39-30)21-11-15-42(4)16-12-21/h5-10,13-14,17-19,21,43H,11-12,15-16,20H2,1-4H3,(H,37,40)(H,38,41,44). The number of rotatable bonds is 6. The summed E-state index contributed by atoms with van der Waals surface area (Å²) >= 11 is 0. The number of nitrogens with zero attached hydrogens (tertiary/aromatic N) is 4. The van der Waals surface area contributed by atoms with E-state index in [2.05, 4.69) is 38.3 Å². The van der Waals surface area contributed by atoms with E-state index in [0.29, 0.717) is 22.7 Å². The molecule has 9 heteroatoms. The number of benzene rings is 1. The third kappa shape index (κ3) is 5.85. The molecular weight excluding hydrogens is 555 g/mol. The minimum absolute atomic E-state index is 0.0926. The quantitative estimate of drug-likeness (QED) is 0.203. The van der Waals surface area contributed by atoms with Crippen molar-refractivity contribution in [1.29, 1.82) is 0 Å². The summed E-state index contributed by atoms with van der Waals surface area (Å²) < 4.78 is 15.0. The number of aliphatic hydroxyl groups excluding tert-OH is 1. The highest BCUT2D eigenvalue weighted by atomic mass is 19.1. The zero-order chi connectivity index (χ0) is 31.0. The van der Waals surface area contributed by atoms with Gasteiger partial charge in [-0.25, -0.2) is 14.4 Å². The normalized spacial score (nSPS) is 14.7. The molecule has 226 valence electrons. The minimum atomic E-state index is -0.638. The fraction of sp³-hybridized carbons (Fsp3) is 0.314. The fourth-order valence-corrected chi connectivity index (χ4v) is 5.90. The van der Waals surface area contributed by atoms with Gasteiger partial charge in [0.2, 0.25) is 0 Å². The highest BCUT2D eigenvalue weighted by Crippen LogP contribution is 2.35. The van der Waals surface area contributed by atoms with E-state index in [-0.39, 0.29) is 23.4 Å². The van der Waals surface area contributed by atoms with Gasteiger partial charge in [-0.3, -0.25) is 9.78 Å². The number of carbonyl (C=O) groups is 1. The SMILES string of the molecule is CN1CCC(c2ccc(-c3cc4c(-c5ccnc(NC(=O)c6ccc(C(C)(C)C)cc6F)c5CO)ccnc4[nH]3)nc2)CC1. The molecule has 44 heavy (non-hydrogen) atoms. The second kappa shape index (κ2) is 11.9. The Balaban J connectivity index is 1.29. The van der Waals surface area contributed by atoms with Gasteiger partial charge in [0, 0.05) is 29.5 Å². The summed E-state index contributed by atoms with van der Waals surface area (Å²) in [6, 6.07) is 14.5. The number of hydrogen-bond donors (Lipinski definition) is 3. The van der Waals surface area contributed by atoms with Gasteiger partial charge in [0.05, 0.1) is 23.6 Å². The monoisotopic (exact) mass is 592 g/mol. The Morgan fingerprint density at radius 3 is 2.45 bits per heavy atom. The Kier molecular flexibility index (Phi) is 8.00. The van der Waals surface area contributed by atoms with Gasteiger partial charge in [0.1, 0.15) is 17.3 Å². The van der Waals surface area contributed by atoms with Crippen molar-refractivity contribution in [3.63, 3.8) is 0 Å². The molecule has 4 aromatic heterocycles. The molecule has 5 aromatic rings. The van der Waals surface area contributed by atoms with Crippen LogP contribution in [0.5, 0.6) is 0 Å². The molecule has 5 heterocycles. The number of likely N-dealkylation sites (tertiary alicyclic amines) is 1. The van der Waals surface area contributed by atoms with Gasteiger partial charge in [-0.2, -0.15) is 0 Å². The van der Waals surface area contributed by atoms with Crippen molar-refractivity contribution in [2.75, 3.05) is 25.5 Å². The molecule has 6 rings (SSSR count). The lowest BCUT2D eigenvalue weighted by molar-refractivity contribution is 0.102. The number of hydrogen-bond acceptors (Lipinski definition) is 6. The number of carbonyl (C=O) groups excluding carboxylic acids is 1. The van der Waals surface area contributed by atoms with E-state index in [1.807, 2.05) is 45.2 Å². The lowest BCUT2D eigenvalue weighted by Crippen LogP contribution is -2.29. The lowest BCUT2D eigenvalue weighted by atomic mass is 9.86. The highest BCUT2D eigenvalue weighted by Gasteiger charge is 2.22. The van der Waals surface area contributed by atoms with Crippen LogP contribution in [0.2, 0.25) is 0 Å². The van der Waals surface area contributed by atoms with E-state index in [1.165, 1.54) is 17.7 Å². The molecule has 0 radical (unpaired) electrons. The number of H-pyrrole nitrogens is 1. The summed E-state index contributed by atoms with van der Waals surface area (Å²) in [5.41, 5.74) is 5.94. The van der Waals surface area contributed by atoms with Crippen LogP contribution in [-0.2, 0) is 12.0 Å². The summed E-state index contributed by atoms with van der Waals surface area (Å²) in [6.45, 7) is 7.76. The predicted octanol–water partition coefficient (Wildman–Crippen LogP) is 6.68. The number of piperidine rings is 1. The van der Waals surface area contributed by atoms with Crippen molar-refractivity contribution in [2.45, 2.75) is 51.6 Å². The highest BCUT2D eigenvalue weighted by molar-refractivity contribution is 6.05. The Bertz CT molecular complexity index is 1820. The zero-order valence-corrected chi connectivity index (χ0v) is 25.5. The van der Waals surface area contributed by atoms with Crippen molar-refractivity contribution in [3.05, 3.63) is 95.2 Å². The average Bonchev–Trinajstić information content (AvgIpc) is 3.46. The smallest absolute Gasteiger partial charge is 0.259 e. The first-order valence-corrected chi connectivity index (χ1v) is 15.0. The Hall–Kier alpha value is -4.47. The van der Waals surface area contributed by atoms with Crippen molar-refractivity contribution >= 4 is 22.8 Å². The van der Waals surface area contributed by atoms with Gasteiger partial charge in [-0.1, -0.05) is 32.9 Å². The topological polar surface area (TPSA) is 107 Å². The van der Waals surface area contributed by atoms with E-state index in [9.17, 15) is 14.3 Å². The van der Waals surface area contributed by atoms with Crippen LogP contribution in [-0.4, -0.2) is 56.0 Å². The third-order valence-electron chi connectivity index (χ3n) is 8.60. The molecule has 0 spiro atoms. The number of nitrogens with one attached hydrogen (secondary N) is 2. The number of fused-ring (bicyclic) bond motifs is 1. The number of halogens is 1. The van der Waals surface area contributed by atoms with E-state index < -0.39 is 11.7 Å². The van der Waals surface area contributed by atoms with E-state index in [1.54, 1.807) is 24.5 Å². The number of amides is 1. The summed E-state index contributed by atoms with van der Waals surface area (Å²) in [7, 11) is 2.16. The number of aliphatic hydroxyl groups is 1. The molecule has 1 fully saturated rings. The molecular formula is C35H37FN6O2. The van der Waals surface area contributed by atoms with Crippen LogP contribution < -0.4 is 5.32 Å². The molecule has 0 saturated carbocycles. The van der Waals surface area contributed by atoms with Crippen molar-refractivity contribution in [1.82, 2.24) is 24.8 Å².